The maximum absolute atomic E-state index is 12.6. The first-order chi connectivity index (χ1) is 10.5. The molecule has 1 saturated carbocycles. The molecule has 0 aliphatic heterocycles. The summed E-state index contributed by atoms with van der Waals surface area (Å²) in [5, 5.41) is 3.23. The van der Waals surface area contributed by atoms with Crippen LogP contribution in [-0.2, 0) is 4.79 Å². The van der Waals surface area contributed by atoms with Gasteiger partial charge in [-0.15, -0.1) is 11.8 Å². The van der Waals surface area contributed by atoms with Crippen LogP contribution in [0.5, 0.6) is 5.75 Å². The molecule has 0 unspecified atom stereocenters. The second kappa shape index (κ2) is 7.91. The van der Waals surface area contributed by atoms with E-state index in [4.69, 9.17) is 4.74 Å². The summed E-state index contributed by atoms with van der Waals surface area (Å²) in [6, 6.07) is 8.32. The summed E-state index contributed by atoms with van der Waals surface area (Å²) in [7, 11) is 0. The van der Waals surface area contributed by atoms with Crippen molar-refractivity contribution in [1.29, 1.82) is 0 Å². The Hall–Kier alpha value is -1.16. The molecule has 1 aliphatic carbocycles. The fourth-order valence-corrected chi connectivity index (χ4v) is 3.73. The number of amides is 1. The molecule has 1 fully saturated rings. The first-order valence-electron chi connectivity index (χ1n) is 8.24. The van der Waals surface area contributed by atoms with Crippen molar-refractivity contribution in [2.75, 3.05) is 6.61 Å². The second-order valence-corrected chi connectivity index (χ2v) is 8.02. The van der Waals surface area contributed by atoms with Crippen LogP contribution in [0.3, 0.4) is 0 Å². The van der Waals surface area contributed by atoms with Gasteiger partial charge in [-0.25, -0.2) is 0 Å². The molecule has 4 heteroatoms. The lowest BCUT2D eigenvalue weighted by Gasteiger charge is -2.29. The summed E-state index contributed by atoms with van der Waals surface area (Å²) in [6.45, 7) is 6.63. The lowest BCUT2D eigenvalue weighted by molar-refractivity contribution is -0.123. The Morgan fingerprint density at radius 1 is 1.23 bits per heavy atom. The van der Waals surface area contributed by atoms with Gasteiger partial charge in [0.1, 0.15) is 5.75 Å². The number of rotatable bonds is 6. The highest BCUT2D eigenvalue weighted by atomic mass is 32.2. The number of nitrogens with one attached hydrogen (secondary N) is 1. The predicted molar refractivity (Wildman–Crippen MR) is 92.6 cm³/mol. The van der Waals surface area contributed by atoms with Crippen LogP contribution in [0.25, 0.3) is 0 Å². The molecule has 22 heavy (non-hydrogen) atoms. The molecule has 0 saturated heterocycles. The minimum atomic E-state index is -0.468. The van der Waals surface area contributed by atoms with Gasteiger partial charge in [0.25, 0.3) is 0 Å². The molecule has 122 valence electrons. The van der Waals surface area contributed by atoms with Gasteiger partial charge in [-0.1, -0.05) is 19.3 Å². The third kappa shape index (κ3) is 4.94. The third-order valence-electron chi connectivity index (χ3n) is 3.99. The van der Waals surface area contributed by atoms with Crippen LogP contribution in [0.15, 0.2) is 29.2 Å². The second-order valence-electron chi connectivity index (χ2n) is 6.33. The Kier molecular flexibility index (Phi) is 6.18. The fraction of sp³-hybridized carbons (Fsp3) is 0.611. The van der Waals surface area contributed by atoms with Crippen molar-refractivity contribution in [2.45, 2.75) is 68.6 Å². The lowest BCUT2D eigenvalue weighted by atomic mass is 9.95. The number of benzene rings is 1. The molecule has 0 bridgehead atoms. The molecule has 1 amide bonds. The van der Waals surface area contributed by atoms with E-state index in [0.29, 0.717) is 12.6 Å². The normalized spacial score (nSPS) is 16.3. The van der Waals surface area contributed by atoms with Gasteiger partial charge in [0, 0.05) is 10.9 Å². The topological polar surface area (TPSA) is 38.3 Å². The van der Waals surface area contributed by atoms with E-state index in [-0.39, 0.29) is 5.91 Å². The summed E-state index contributed by atoms with van der Waals surface area (Å²) in [4.78, 5) is 13.6. The maximum atomic E-state index is 12.6. The van der Waals surface area contributed by atoms with Crippen molar-refractivity contribution in [1.82, 2.24) is 5.32 Å². The standard InChI is InChI=1S/C18H27NO2S/c1-4-21-15-10-12-16(13-11-15)22-18(2,3)17(20)19-14-8-6-5-7-9-14/h10-14H,4-9H2,1-3H3,(H,19,20). The molecule has 0 atom stereocenters. The Labute approximate surface area is 138 Å². The van der Waals surface area contributed by atoms with E-state index in [1.807, 2.05) is 45.0 Å². The van der Waals surface area contributed by atoms with Crippen LogP contribution in [0.2, 0.25) is 0 Å². The summed E-state index contributed by atoms with van der Waals surface area (Å²) >= 11 is 1.60. The van der Waals surface area contributed by atoms with Crippen LogP contribution < -0.4 is 10.1 Å². The van der Waals surface area contributed by atoms with E-state index in [9.17, 15) is 4.79 Å². The van der Waals surface area contributed by atoms with E-state index in [1.165, 1.54) is 19.3 Å². The van der Waals surface area contributed by atoms with Crippen LogP contribution in [0.4, 0.5) is 0 Å². The Bertz CT molecular complexity index is 478. The molecule has 1 aromatic rings. The highest BCUT2D eigenvalue weighted by Crippen LogP contribution is 2.34. The fourth-order valence-electron chi connectivity index (χ4n) is 2.72. The Morgan fingerprint density at radius 2 is 1.86 bits per heavy atom. The summed E-state index contributed by atoms with van der Waals surface area (Å²) < 4.78 is 4.98. The first kappa shape index (κ1) is 17.2. The Balaban J connectivity index is 1.92. The van der Waals surface area contributed by atoms with Crippen LogP contribution >= 0.6 is 11.8 Å². The molecular weight excluding hydrogens is 294 g/mol. The van der Waals surface area contributed by atoms with Crippen molar-refractivity contribution in [3.05, 3.63) is 24.3 Å². The molecule has 3 nitrogen and oxygen atoms in total. The van der Waals surface area contributed by atoms with Crippen LogP contribution in [0.1, 0.15) is 52.9 Å². The smallest absolute Gasteiger partial charge is 0.236 e. The Morgan fingerprint density at radius 3 is 2.45 bits per heavy atom. The van der Waals surface area contributed by atoms with Crippen molar-refractivity contribution in [3.63, 3.8) is 0 Å². The molecule has 0 aromatic heterocycles. The number of carbonyl (C=O) groups excluding carboxylic acids is 1. The zero-order valence-electron chi connectivity index (χ0n) is 13.9. The number of hydrogen-bond acceptors (Lipinski definition) is 3. The summed E-state index contributed by atoms with van der Waals surface area (Å²) in [6.07, 6.45) is 6.01. The third-order valence-corrected chi connectivity index (χ3v) is 5.20. The summed E-state index contributed by atoms with van der Waals surface area (Å²) in [5.74, 6) is 1.01. The molecule has 1 aromatic carbocycles. The molecule has 0 radical (unpaired) electrons. The number of carbonyl (C=O) groups is 1. The van der Waals surface area contributed by atoms with E-state index in [1.54, 1.807) is 11.8 Å². The molecule has 0 heterocycles. The number of hydrogen-bond donors (Lipinski definition) is 1. The lowest BCUT2D eigenvalue weighted by Crippen LogP contribution is -2.45. The number of thioether (sulfide) groups is 1. The number of ether oxygens (including phenoxy) is 1. The van der Waals surface area contributed by atoms with E-state index < -0.39 is 4.75 Å². The monoisotopic (exact) mass is 321 g/mol. The molecular formula is C18H27NO2S. The van der Waals surface area contributed by atoms with Crippen molar-refractivity contribution in [2.24, 2.45) is 0 Å². The zero-order valence-corrected chi connectivity index (χ0v) is 14.7. The average Bonchev–Trinajstić information content (AvgIpc) is 2.50. The van der Waals surface area contributed by atoms with Gasteiger partial charge in [-0.2, -0.15) is 0 Å². The van der Waals surface area contributed by atoms with Crippen molar-refractivity contribution < 1.29 is 9.53 Å². The minimum absolute atomic E-state index is 0.137. The highest BCUT2D eigenvalue weighted by Gasteiger charge is 2.30. The predicted octanol–water partition coefficient (Wildman–Crippen LogP) is 4.40. The van der Waals surface area contributed by atoms with Gasteiger partial charge in [0.15, 0.2) is 0 Å². The molecule has 2 rings (SSSR count). The van der Waals surface area contributed by atoms with E-state index in [2.05, 4.69) is 5.32 Å². The van der Waals surface area contributed by atoms with Crippen molar-refractivity contribution in [3.8, 4) is 5.75 Å². The minimum Gasteiger partial charge on any atom is -0.494 e. The van der Waals surface area contributed by atoms with Gasteiger partial charge in [0.05, 0.1) is 11.4 Å². The highest BCUT2D eigenvalue weighted by molar-refractivity contribution is 8.01. The first-order valence-corrected chi connectivity index (χ1v) is 9.06. The molecule has 1 aliphatic rings. The van der Waals surface area contributed by atoms with Crippen LogP contribution in [-0.4, -0.2) is 23.3 Å². The van der Waals surface area contributed by atoms with Gasteiger partial charge in [0.2, 0.25) is 5.91 Å². The molecule has 0 spiro atoms. The van der Waals surface area contributed by atoms with E-state index in [0.717, 1.165) is 23.5 Å². The SMILES string of the molecule is CCOc1ccc(SC(C)(C)C(=O)NC2CCCCC2)cc1. The molecule has 1 N–H and O–H groups in total. The van der Waals surface area contributed by atoms with Crippen molar-refractivity contribution >= 4 is 17.7 Å². The van der Waals surface area contributed by atoms with Crippen LogP contribution in [0, 0.1) is 0 Å². The summed E-state index contributed by atoms with van der Waals surface area (Å²) in [5.41, 5.74) is 0. The van der Waals surface area contributed by atoms with Gasteiger partial charge >= 0.3 is 0 Å². The van der Waals surface area contributed by atoms with Gasteiger partial charge < -0.3 is 10.1 Å². The largest absolute Gasteiger partial charge is 0.494 e. The maximum Gasteiger partial charge on any atom is 0.236 e. The zero-order chi connectivity index (χ0) is 16.0. The average molecular weight is 321 g/mol. The van der Waals surface area contributed by atoms with Gasteiger partial charge in [-0.05, 0) is 57.9 Å². The quantitative estimate of drug-likeness (QED) is 0.789. The van der Waals surface area contributed by atoms with E-state index >= 15 is 0 Å². The van der Waals surface area contributed by atoms with Gasteiger partial charge in [-0.3, -0.25) is 4.79 Å².